The first-order valence-corrected chi connectivity index (χ1v) is 4.36. The van der Waals surface area contributed by atoms with Crippen molar-refractivity contribution in [3.63, 3.8) is 0 Å². The van der Waals surface area contributed by atoms with Gasteiger partial charge in [0.2, 0.25) is 0 Å². The third-order valence-electron chi connectivity index (χ3n) is 1.73. The molecule has 1 amide bonds. The molecule has 0 aliphatic carbocycles. The summed E-state index contributed by atoms with van der Waals surface area (Å²) < 4.78 is 0. The van der Waals surface area contributed by atoms with Gasteiger partial charge in [-0.15, -0.1) is 0 Å². The Morgan fingerprint density at radius 2 is 2.21 bits per heavy atom. The van der Waals surface area contributed by atoms with Crippen molar-refractivity contribution in [1.29, 1.82) is 0 Å². The number of nitrogens with one attached hydrogen (secondary N) is 1. The molecule has 0 radical (unpaired) electrons. The molecule has 0 heterocycles. The maximum atomic E-state index is 10.2. The second kappa shape index (κ2) is 4.83. The maximum absolute atomic E-state index is 10.2. The van der Waals surface area contributed by atoms with Gasteiger partial charge in [0.15, 0.2) is 0 Å². The zero-order valence-corrected chi connectivity index (χ0v) is 8.08. The number of aliphatic hydroxyl groups excluding tert-OH is 1. The van der Waals surface area contributed by atoms with E-state index in [9.17, 15) is 4.79 Å². The standard InChI is InChI=1S/C9H10ClNO3/c10-8-3-6(4-11-9(13)14)1-2-7(8)5-12/h1-3,11-12H,4-5H2,(H,13,14). The van der Waals surface area contributed by atoms with Crippen LogP contribution in [0.3, 0.4) is 0 Å². The average molecular weight is 216 g/mol. The third kappa shape index (κ3) is 2.90. The lowest BCUT2D eigenvalue weighted by Gasteiger charge is -2.04. The van der Waals surface area contributed by atoms with Gasteiger partial charge >= 0.3 is 6.09 Å². The fraction of sp³-hybridized carbons (Fsp3) is 0.222. The number of rotatable bonds is 3. The van der Waals surface area contributed by atoms with Gasteiger partial charge in [-0.3, -0.25) is 0 Å². The molecule has 0 unspecified atom stereocenters. The molecule has 0 saturated carbocycles. The number of halogens is 1. The summed E-state index contributed by atoms with van der Waals surface area (Å²) >= 11 is 5.81. The van der Waals surface area contributed by atoms with Gasteiger partial charge in [0.05, 0.1) is 6.61 Å². The van der Waals surface area contributed by atoms with Crippen LogP contribution in [0.15, 0.2) is 18.2 Å². The first-order valence-electron chi connectivity index (χ1n) is 3.98. The summed E-state index contributed by atoms with van der Waals surface area (Å²) in [7, 11) is 0. The molecule has 4 nitrogen and oxygen atoms in total. The summed E-state index contributed by atoms with van der Waals surface area (Å²) in [5, 5.41) is 19.9. The highest BCUT2D eigenvalue weighted by atomic mass is 35.5. The Labute approximate surface area is 86.1 Å². The highest BCUT2D eigenvalue weighted by Gasteiger charge is 2.01. The predicted octanol–water partition coefficient (Wildman–Crippen LogP) is 1.60. The van der Waals surface area contributed by atoms with Crippen molar-refractivity contribution in [2.24, 2.45) is 0 Å². The third-order valence-corrected chi connectivity index (χ3v) is 2.08. The molecule has 0 spiro atoms. The Balaban J connectivity index is 2.71. The van der Waals surface area contributed by atoms with E-state index in [1.807, 2.05) is 0 Å². The molecule has 1 rings (SSSR count). The lowest BCUT2D eigenvalue weighted by molar-refractivity contribution is 0.194. The van der Waals surface area contributed by atoms with Crippen molar-refractivity contribution in [1.82, 2.24) is 5.32 Å². The molecule has 0 aromatic heterocycles. The highest BCUT2D eigenvalue weighted by molar-refractivity contribution is 6.31. The molecule has 3 N–H and O–H groups in total. The van der Waals surface area contributed by atoms with Gasteiger partial charge in [-0.05, 0) is 17.2 Å². The van der Waals surface area contributed by atoms with Crippen molar-refractivity contribution in [3.05, 3.63) is 34.3 Å². The SMILES string of the molecule is O=C(O)NCc1ccc(CO)c(Cl)c1. The molecular formula is C9H10ClNO3. The quantitative estimate of drug-likeness (QED) is 0.717. The van der Waals surface area contributed by atoms with Crippen LogP contribution in [0.25, 0.3) is 0 Å². The van der Waals surface area contributed by atoms with Crippen LogP contribution in [0.1, 0.15) is 11.1 Å². The zero-order chi connectivity index (χ0) is 10.6. The van der Waals surface area contributed by atoms with Crippen LogP contribution >= 0.6 is 11.6 Å². The number of aliphatic hydroxyl groups is 1. The van der Waals surface area contributed by atoms with Crippen LogP contribution in [-0.4, -0.2) is 16.3 Å². The monoisotopic (exact) mass is 215 g/mol. The Bertz CT molecular complexity index is 341. The molecule has 0 aliphatic heterocycles. The Hall–Kier alpha value is -1.26. The fourth-order valence-electron chi connectivity index (χ4n) is 1.01. The van der Waals surface area contributed by atoms with E-state index in [0.717, 1.165) is 5.56 Å². The van der Waals surface area contributed by atoms with Crippen LogP contribution in [0, 0.1) is 0 Å². The van der Waals surface area contributed by atoms with Crippen molar-refractivity contribution in [2.75, 3.05) is 0 Å². The average Bonchev–Trinajstić information content (AvgIpc) is 2.15. The number of hydrogen-bond acceptors (Lipinski definition) is 2. The largest absolute Gasteiger partial charge is 0.465 e. The molecule has 1 aromatic carbocycles. The van der Waals surface area contributed by atoms with Crippen LogP contribution < -0.4 is 5.32 Å². The summed E-state index contributed by atoms with van der Waals surface area (Å²) in [4.78, 5) is 10.2. The van der Waals surface area contributed by atoms with Crippen LogP contribution in [0.2, 0.25) is 5.02 Å². The number of amides is 1. The van der Waals surface area contributed by atoms with Crippen molar-refractivity contribution < 1.29 is 15.0 Å². The molecule has 0 aliphatic rings. The minimum absolute atomic E-state index is 0.120. The summed E-state index contributed by atoms with van der Waals surface area (Å²) in [5.74, 6) is 0. The number of carbonyl (C=O) groups is 1. The van der Waals surface area contributed by atoms with E-state index in [0.29, 0.717) is 10.6 Å². The fourth-order valence-corrected chi connectivity index (χ4v) is 1.27. The highest BCUT2D eigenvalue weighted by Crippen LogP contribution is 2.17. The molecule has 0 saturated heterocycles. The van der Waals surface area contributed by atoms with Gasteiger partial charge in [-0.2, -0.15) is 0 Å². The smallest absolute Gasteiger partial charge is 0.404 e. The van der Waals surface area contributed by atoms with Gasteiger partial charge in [0, 0.05) is 11.6 Å². The predicted molar refractivity (Wildman–Crippen MR) is 52.2 cm³/mol. The Morgan fingerprint density at radius 1 is 1.50 bits per heavy atom. The minimum atomic E-state index is -1.08. The molecule has 76 valence electrons. The van der Waals surface area contributed by atoms with E-state index in [2.05, 4.69) is 5.32 Å². The second-order valence-corrected chi connectivity index (χ2v) is 3.15. The summed E-state index contributed by atoms with van der Waals surface area (Å²) in [6.07, 6.45) is -1.08. The summed E-state index contributed by atoms with van der Waals surface area (Å²) in [5.41, 5.74) is 1.39. The molecule has 0 fully saturated rings. The first-order chi connectivity index (χ1) is 6.63. The second-order valence-electron chi connectivity index (χ2n) is 2.74. The van der Waals surface area contributed by atoms with Gasteiger partial charge in [0.1, 0.15) is 0 Å². The molecule has 0 atom stereocenters. The maximum Gasteiger partial charge on any atom is 0.404 e. The topological polar surface area (TPSA) is 69.6 Å². The van der Waals surface area contributed by atoms with Gasteiger partial charge in [-0.1, -0.05) is 23.7 Å². The summed E-state index contributed by atoms with van der Waals surface area (Å²) in [6.45, 7) is 0.0895. The van der Waals surface area contributed by atoms with Crippen molar-refractivity contribution >= 4 is 17.7 Å². The number of carboxylic acid groups (broad SMARTS) is 1. The van der Waals surface area contributed by atoms with E-state index in [1.54, 1.807) is 18.2 Å². The zero-order valence-electron chi connectivity index (χ0n) is 7.33. The molecule has 14 heavy (non-hydrogen) atoms. The van der Waals surface area contributed by atoms with E-state index in [-0.39, 0.29) is 13.2 Å². The van der Waals surface area contributed by atoms with Crippen molar-refractivity contribution in [3.8, 4) is 0 Å². The molecular weight excluding hydrogens is 206 g/mol. The van der Waals surface area contributed by atoms with Gasteiger partial charge in [-0.25, -0.2) is 4.79 Å². The van der Waals surface area contributed by atoms with E-state index < -0.39 is 6.09 Å². The number of hydrogen-bond donors (Lipinski definition) is 3. The minimum Gasteiger partial charge on any atom is -0.465 e. The summed E-state index contributed by atoms with van der Waals surface area (Å²) in [6, 6.07) is 5.01. The lowest BCUT2D eigenvalue weighted by Crippen LogP contribution is -2.19. The molecule has 5 heteroatoms. The van der Waals surface area contributed by atoms with E-state index >= 15 is 0 Å². The van der Waals surface area contributed by atoms with Crippen molar-refractivity contribution in [2.45, 2.75) is 13.2 Å². The lowest BCUT2D eigenvalue weighted by atomic mass is 10.1. The molecule has 1 aromatic rings. The normalized spacial score (nSPS) is 9.86. The van der Waals surface area contributed by atoms with E-state index in [1.165, 1.54) is 0 Å². The van der Waals surface area contributed by atoms with E-state index in [4.69, 9.17) is 21.8 Å². The van der Waals surface area contributed by atoms with Gasteiger partial charge < -0.3 is 15.5 Å². The Morgan fingerprint density at radius 3 is 2.71 bits per heavy atom. The first kappa shape index (κ1) is 10.8. The van der Waals surface area contributed by atoms with Crippen LogP contribution in [-0.2, 0) is 13.2 Å². The van der Waals surface area contributed by atoms with Crippen LogP contribution in [0.5, 0.6) is 0 Å². The molecule has 0 bridgehead atoms. The van der Waals surface area contributed by atoms with Gasteiger partial charge in [0.25, 0.3) is 0 Å². The Kier molecular flexibility index (Phi) is 3.73. The van der Waals surface area contributed by atoms with Crippen LogP contribution in [0.4, 0.5) is 4.79 Å². The number of benzene rings is 1.